The van der Waals surface area contributed by atoms with Crippen molar-refractivity contribution in [1.29, 1.82) is 0 Å². The summed E-state index contributed by atoms with van der Waals surface area (Å²) < 4.78 is 27.8. The molecule has 0 saturated carbocycles. The Hall–Kier alpha value is -3.58. The summed E-state index contributed by atoms with van der Waals surface area (Å²) in [6.45, 7) is 6.05. The minimum atomic E-state index is 0.395. The van der Waals surface area contributed by atoms with Crippen molar-refractivity contribution in [2.45, 2.75) is 52.6 Å². The van der Waals surface area contributed by atoms with E-state index in [4.69, 9.17) is 23.3 Å². The number of aromatic nitrogens is 2. The average molecular weight is 491 g/mol. The minimum absolute atomic E-state index is 0.395. The van der Waals surface area contributed by atoms with E-state index in [0.29, 0.717) is 32.8 Å². The van der Waals surface area contributed by atoms with Gasteiger partial charge in [-0.3, -0.25) is 0 Å². The number of benzene rings is 2. The van der Waals surface area contributed by atoms with Gasteiger partial charge in [-0.15, -0.1) is 0 Å². The van der Waals surface area contributed by atoms with Crippen LogP contribution in [-0.2, 0) is 24.2 Å². The highest BCUT2D eigenvalue weighted by Gasteiger charge is 2.07. The Morgan fingerprint density at radius 2 is 1.42 bits per heavy atom. The third kappa shape index (κ3) is 8.57. The van der Waals surface area contributed by atoms with Crippen LogP contribution >= 0.6 is 0 Å². The second-order valence-corrected chi connectivity index (χ2v) is 8.91. The summed E-state index contributed by atoms with van der Waals surface area (Å²) in [5.74, 6) is 3.40. The fourth-order valence-electron chi connectivity index (χ4n) is 3.75. The lowest BCUT2D eigenvalue weighted by Crippen LogP contribution is -2.06. The molecule has 0 atom stereocenters. The number of hydrogen-bond donors (Lipinski definition) is 0. The van der Waals surface area contributed by atoms with E-state index in [1.54, 1.807) is 0 Å². The van der Waals surface area contributed by atoms with Crippen molar-refractivity contribution in [3.8, 4) is 11.5 Å². The Morgan fingerprint density at radius 3 is 2.17 bits per heavy atom. The fraction of sp³-hybridized carbons (Fsp3) is 0.379. The van der Waals surface area contributed by atoms with Crippen LogP contribution in [0, 0.1) is 13.8 Å². The standard InChI is InChI=1S/C29H34N2O5/c1-22-7-11-27(12-8-22)34-17-16-32-21-26-20-29(36-31-26)19-24-9-13-28(14-10-24)33-15-5-3-4-6-25-18-23(2)35-30-25/h7-14,18,20H,3-6,15-17,19,21H2,1-2H3. The Balaban J connectivity index is 1.08. The predicted molar refractivity (Wildman–Crippen MR) is 136 cm³/mol. The lowest BCUT2D eigenvalue weighted by atomic mass is 10.1. The summed E-state index contributed by atoms with van der Waals surface area (Å²) in [6, 6.07) is 20.0. The number of unbranched alkanes of at least 4 members (excludes halogenated alkanes) is 2. The highest BCUT2D eigenvalue weighted by Crippen LogP contribution is 2.17. The molecule has 4 aromatic rings. The van der Waals surface area contributed by atoms with Gasteiger partial charge >= 0.3 is 0 Å². The summed E-state index contributed by atoms with van der Waals surface area (Å²) in [4.78, 5) is 0. The lowest BCUT2D eigenvalue weighted by molar-refractivity contribution is 0.0852. The molecule has 190 valence electrons. The molecule has 0 spiro atoms. The van der Waals surface area contributed by atoms with Gasteiger partial charge in [0.1, 0.15) is 35.3 Å². The monoisotopic (exact) mass is 490 g/mol. The van der Waals surface area contributed by atoms with E-state index in [1.807, 2.05) is 55.5 Å². The molecule has 7 heteroatoms. The number of hydrogen-bond acceptors (Lipinski definition) is 7. The van der Waals surface area contributed by atoms with Gasteiger partial charge in [0.05, 0.1) is 25.5 Å². The fourth-order valence-corrected chi connectivity index (χ4v) is 3.75. The summed E-state index contributed by atoms with van der Waals surface area (Å²) in [5.41, 5.74) is 4.15. The van der Waals surface area contributed by atoms with Gasteiger partial charge in [0, 0.05) is 18.6 Å². The van der Waals surface area contributed by atoms with Crippen molar-refractivity contribution < 1.29 is 23.3 Å². The maximum absolute atomic E-state index is 5.87. The first-order valence-corrected chi connectivity index (χ1v) is 12.5. The Bertz CT molecular complexity index is 1170. The normalized spacial score (nSPS) is 11.1. The topological polar surface area (TPSA) is 79.8 Å². The zero-order chi connectivity index (χ0) is 25.0. The van der Waals surface area contributed by atoms with Crippen molar-refractivity contribution in [3.63, 3.8) is 0 Å². The van der Waals surface area contributed by atoms with Crippen LogP contribution in [0.25, 0.3) is 0 Å². The minimum Gasteiger partial charge on any atom is -0.494 e. The van der Waals surface area contributed by atoms with E-state index < -0.39 is 0 Å². The molecule has 2 heterocycles. The molecule has 0 N–H and O–H groups in total. The first kappa shape index (κ1) is 25.5. The maximum atomic E-state index is 5.87. The molecule has 7 nitrogen and oxygen atoms in total. The van der Waals surface area contributed by atoms with E-state index in [-0.39, 0.29) is 0 Å². The Kier molecular flexibility index (Phi) is 9.56. The molecular weight excluding hydrogens is 456 g/mol. The molecular formula is C29H34N2O5. The second kappa shape index (κ2) is 13.5. The molecule has 4 rings (SSSR count). The van der Waals surface area contributed by atoms with Gasteiger partial charge in [0.25, 0.3) is 0 Å². The van der Waals surface area contributed by atoms with Gasteiger partial charge in [-0.1, -0.05) is 40.1 Å². The molecule has 0 radical (unpaired) electrons. The number of ether oxygens (including phenoxy) is 3. The Morgan fingerprint density at radius 1 is 0.694 bits per heavy atom. The largest absolute Gasteiger partial charge is 0.494 e. The van der Waals surface area contributed by atoms with E-state index in [1.165, 1.54) is 5.56 Å². The van der Waals surface area contributed by atoms with Gasteiger partial charge in [-0.25, -0.2) is 0 Å². The summed E-state index contributed by atoms with van der Waals surface area (Å²) in [7, 11) is 0. The molecule has 36 heavy (non-hydrogen) atoms. The summed E-state index contributed by atoms with van der Waals surface area (Å²) in [6.07, 6.45) is 4.82. The van der Waals surface area contributed by atoms with Crippen molar-refractivity contribution in [2.24, 2.45) is 0 Å². The predicted octanol–water partition coefficient (Wildman–Crippen LogP) is 6.26. The van der Waals surface area contributed by atoms with Crippen LogP contribution in [0.5, 0.6) is 11.5 Å². The second-order valence-electron chi connectivity index (χ2n) is 8.91. The van der Waals surface area contributed by atoms with E-state index >= 15 is 0 Å². The number of nitrogens with zero attached hydrogens (tertiary/aromatic N) is 2. The molecule has 0 saturated heterocycles. The molecule has 0 fully saturated rings. The van der Waals surface area contributed by atoms with E-state index in [0.717, 1.165) is 65.7 Å². The molecule has 0 aliphatic heterocycles. The highest BCUT2D eigenvalue weighted by molar-refractivity contribution is 5.29. The smallest absolute Gasteiger partial charge is 0.141 e. The van der Waals surface area contributed by atoms with Crippen LogP contribution < -0.4 is 9.47 Å². The Labute approximate surface area is 212 Å². The first-order valence-electron chi connectivity index (χ1n) is 12.5. The number of rotatable bonds is 15. The van der Waals surface area contributed by atoms with E-state index in [9.17, 15) is 0 Å². The van der Waals surface area contributed by atoms with Crippen molar-refractivity contribution >= 4 is 0 Å². The molecule has 0 aliphatic rings. The average Bonchev–Trinajstić information content (AvgIpc) is 3.51. The SMILES string of the molecule is Cc1ccc(OCCOCc2cc(Cc3ccc(OCCCCCc4cc(C)on4)cc3)on2)cc1. The van der Waals surface area contributed by atoms with Crippen LogP contribution in [0.2, 0.25) is 0 Å². The molecule has 2 aromatic heterocycles. The van der Waals surface area contributed by atoms with Crippen molar-refractivity contribution in [3.05, 3.63) is 94.7 Å². The molecule has 0 unspecified atom stereocenters. The van der Waals surface area contributed by atoms with Gasteiger partial charge in [-0.2, -0.15) is 0 Å². The summed E-state index contributed by atoms with van der Waals surface area (Å²) in [5, 5.41) is 8.13. The number of aryl methyl sites for hydroxylation is 3. The molecule has 0 amide bonds. The zero-order valence-electron chi connectivity index (χ0n) is 21.1. The van der Waals surface area contributed by atoms with Gasteiger partial charge < -0.3 is 23.3 Å². The van der Waals surface area contributed by atoms with Crippen molar-refractivity contribution in [2.75, 3.05) is 19.8 Å². The van der Waals surface area contributed by atoms with Gasteiger partial charge in [0.2, 0.25) is 0 Å². The van der Waals surface area contributed by atoms with Crippen LogP contribution in [0.15, 0.2) is 69.7 Å². The third-order valence-electron chi connectivity index (χ3n) is 5.70. The van der Waals surface area contributed by atoms with Crippen molar-refractivity contribution in [1.82, 2.24) is 10.3 Å². The molecule has 0 bridgehead atoms. The molecule has 2 aromatic carbocycles. The lowest BCUT2D eigenvalue weighted by Gasteiger charge is -2.07. The van der Waals surface area contributed by atoms with Crippen LogP contribution in [0.4, 0.5) is 0 Å². The third-order valence-corrected chi connectivity index (χ3v) is 5.70. The maximum Gasteiger partial charge on any atom is 0.141 e. The summed E-state index contributed by atoms with van der Waals surface area (Å²) >= 11 is 0. The zero-order valence-corrected chi connectivity index (χ0v) is 21.1. The van der Waals surface area contributed by atoms with Gasteiger partial charge in [0.15, 0.2) is 0 Å². The first-order chi connectivity index (χ1) is 17.6. The highest BCUT2D eigenvalue weighted by atomic mass is 16.5. The van der Waals surface area contributed by atoms with Crippen LogP contribution in [0.3, 0.4) is 0 Å². The van der Waals surface area contributed by atoms with Gasteiger partial charge in [-0.05, 0) is 69.4 Å². The van der Waals surface area contributed by atoms with Crippen LogP contribution in [0.1, 0.15) is 53.3 Å². The van der Waals surface area contributed by atoms with Crippen LogP contribution in [-0.4, -0.2) is 30.1 Å². The van der Waals surface area contributed by atoms with E-state index in [2.05, 4.69) is 29.4 Å². The quantitative estimate of drug-likeness (QED) is 0.182. The molecule has 0 aliphatic carbocycles.